The second-order valence-electron chi connectivity index (χ2n) is 9.50. The molecular formula is C28H27FN6. The largest absolute Gasteiger partial charge is 0.364 e. The number of H-pyrrole nitrogens is 1. The first-order valence-corrected chi connectivity index (χ1v) is 12.1. The first-order chi connectivity index (χ1) is 17.1. The van der Waals surface area contributed by atoms with E-state index in [1.807, 2.05) is 18.3 Å². The highest BCUT2D eigenvalue weighted by Crippen LogP contribution is 2.38. The number of hydrogen-bond acceptors (Lipinski definition) is 4. The number of likely N-dealkylation sites (tertiary alicyclic amines) is 1. The van der Waals surface area contributed by atoms with Crippen LogP contribution in [0.2, 0.25) is 0 Å². The number of aryl methyl sites for hydroxylation is 1. The molecule has 1 fully saturated rings. The third-order valence-corrected chi connectivity index (χ3v) is 7.45. The van der Waals surface area contributed by atoms with Crippen molar-refractivity contribution in [3.05, 3.63) is 82.6 Å². The zero-order valence-corrected chi connectivity index (χ0v) is 19.7. The molecule has 0 aliphatic carbocycles. The number of nitriles is 1. The highest BCUT2D eigenvalue weighted by atomic mass is 19.1. The molecule has 176 valence electrons. The van der Waals surface area contributed by atoms with Gasteiger partial charge in [-0.05, 0) is 85.8 Å². The van der Waals surface area contributed by atoms with Gasteiger partial charge in [-0.2, -0.15) is 5.26 Å². The van der Waals surface area contributed by atoms with Gasteiger partial charge in [-0.25, -0.2) is 4.39 Å². The fraction of sp³-hybridized carbons (Fsp3) is 0.286. The first kappa shape index (κ1) is 21.6. The molecule has 4 aromatic rings. The molecule has 0 atom stereocenters. The lowest BCUT2D eigenvalue weighted by molar-refractivity contribution is 0.204. The monoisotopic (exact) mass is 466 g/mol. The highest BCUT2D eigenvalue weighted by molar-refractivity contribution is 5.90. The number of hydrogen-bond donors (Lipinski definition) is 2. The molecule has 0 amide bonds. The van der Waals surface area contributed by atoms with E-state index < -0.39 is 0 Å². The van der Waals surface area contributed by atoms with Crippen molar-refractivity contribution in [3.8, 4) is 11.8 Å². The number of nitrogens with zero attached hydrogens (tertiary/aromatic N) is 4. The Morgan fingerprint density at radius 2 is 2.03 bits per heavy atom. The minimum absolute atomic E-state index is 0.238. The first-order valence-electron chi connectivity index (χ1n) is 12.1. The summed E-state index contributed by atoms with van der Waals surface area (Å²) in [6.45, 7) is 5.67. The summed E-state index contributed by atoms with van der Waals surface area (Å²) in [5.74, 6) is 0.206. The Bertz CT molecular complexity index is 1480. The van der Waals surface area contributed by atoms with Crippen LogP contribution in [0.1, 0.15) is 46.8 Å². The molecule has 0 unspecified atom stereocenters. The number of halogens is 1. The number of aliphatic imine (C=N–C) groups is 1. The van der Waals surface area contributed by atoms with E-state index in [2.05, 4.69) is 56.1 Å². The van der Waals surface area contributed by atoms with Crippen molar-refractivity contribution in [3.63, 3.8) is 0 Å². The fourth-order valence-corrected chi connectivity index (χ4v) is 5.54. The molecular weight excluding hydrogens is 439 g/mol. The molecule has 2 N–H and O–H groups in total. The van der Waals surface area contributed by atoms with Crippen molar-refractivity contribution in [2.75, 3.05) is 25.1 Å². The lowest BCUT2D eigenvalue weighted by atomic mass is 9.89. The van der Waals surface area contributed by atoms with Gasteiger partial charge in [-0.1, -0.05) is 12.1 Å². The molecule has 6 nitrogen and oxygen atoms in total. The van der Waals surface area contributed by atoms with Crippen LogP contribution < -0.4 is 5.32 Å². The molecule has 4 heterocycles. The van der Waals surface area contributed by atoms with E-state index in [9.17, 15) is 9.65 Å². The zero-order valence-electron chi connectivity index (χ0n) is 19.7. The number of anilines is 1. The number of aromatic amines is 1. The van der Waals surface area contributed by atoms with Gasteiger partial charge in [0.2, 0.25) is 0 Å². The normalized spacial score (nSPS) is 16.3. The van der Waals surface area contributed by atoms with Gasteiger partial charge in [0.05, 0.1) is 11.4 Å². The Balaban J connectivity index is 1.21. The van der Waals surface area contributed by atoms with Crippen LogP contribution >= 0.6 is 0 Å². The third kappa shape index (κ3) is 3.90. The molecule has 7 heteroatoms. The summed E-state index contributed by atoms with van der Waals surface area (Å²) in [5.41, 5.74) is 8.41. The number of rotatable bonds is 4. The van der Waals surface area contributed by atoms with Crippen molar-refractivity contribution >= 4 is 22.8 Å². The molecule has 1 saturated heterocycles. The van der Waals surface area contributed by atoms with Gasteiger partial charge in [0.15, 0.2) is 0 Å². The minimum atomic E-state index is -0.238. The maximum Gasteiger partial charge on any atom is 0.125 e. The van der Waals surface area contributed by atoms with Crippen LogP contribution in [0, 0.1) is 24.1 Å². The molecule has 35 heavy (non-hydrogen) atoms. The Morgan fingerprint density at radius 1 is 1.17 bits per heavy atom. The Labute approximate surface area is 203 Å². The Morgan fingerprint density at radius 3 is 2.83 bits per heavy atom. The van der Waals surface area contributed by atoms with E-state index >= 15 is 0 Å². The number of fused-ring (bicyclic) bond motifs is 2. The summed E-state index contributed by atoms with van der Waals surface area (Å²) in [6.07, 6.45) is 6.21. The smallest absolute Gasteiger partial charge is 0.125 e. The predicted octanol–water partition coefficient (Wildman–Crippen LogP) is 5.46. The van der Waals surface area contributed by atoms with Gasteiger partial charge in [-0.15, -0.1) is 0 Å². The summed E-state index contributed by atoms with van der Waals surface area (Å²) in [7, 11) is 0. The van der Waals surface area contributed by atoms with Crippen LogP contribution in [0.15, 0.2) is 53.7 Å². The van der Waals surface area contributed by atoms with E-state index in [1.54, 1.807) is 12.1 Å². The van der Waals surface area contributed by atoms with E-state index in [-0.39, 0.29) is 5.82 Å². The SMILES string of the molecule is Cc1c(CN2CCC(c3cn(-c4cccc(F)c4)c4c3NCN=C4)CC2)ccc2[nH]c(C#N)cc12. The summed E-state index contributed by atoms with van der Waals surface area (Å²) in [4.78, 5) is 10.1. The average molecular weight is 467 g/mol. The van der Waals surface area contributed by atoms with Crippen LogP contribution in [0.25, 0.3) is 16.6 Å². The minimum Gasteiger partial charge on any atom is -0.364 e. The van der Waals surface area contributed by atoms with Crippen LogP contribution in [0.5, 0.6) is 0 Å². The van der Waals surface area contributed by atoms with Crippen molar-refractivity contribution in [1.29, 1.82) is 5.26 Å². The molecule has 0 spiro atoms. The molecule has 0 saturated carbocycles. The lowest BCUT2D eigenvalue weighted by Crippen LogP contribution is -2.32. The Kier molecular flexibility index (Phi) is 5.39. The third-order valence-electron chi connectivity index (χ3n) is 7.45. The van der Waals surface area contributed by atoms with Gasteiger partial charge in [0.25, 0.3) is 0 Å². The van der Waals surface area contributed by atoms with E-state index in [1.165, 1.54) is 22.8 Å². The van der Waals surface area contributed by atoms with E-state index in [0.29, 0.717) is 18.3 Å². The molecule has 0 radical (unpaired) electrons. The molecule has 0 bridgehead atoms. The second kappa shape index (κ2) is 8.71. The lowest BCUT2D eigenvalue weighted by Gasteiger charge is -2.32. The quantitative estimate of drug-likeness (QED) is 0.420. The second-order valence-corrected chi connectivity index (χ2v) is 9.50. The van der Waals surface area contributed by atoms with Crippen LogP contribution in [-0.4, -0.2) is 40.4 Å². The van der Waals surface area contributed by atoms with Gasteiger partial charge in [-0.3, -0.25) is 9.89 Å². The molecule has 2 aliphatic rings. The van der Waals surface area contributed by atoms with Crippen LogP contribution in [-0.2, 0) is 6.54 Å². The maximum absolute atomic E-state index is 13.9. The predicted molar refractivity (Wildman–Crippen MR) is 137 cm³/mol. The molecule has 6 rings (SSSR count). The van der Waals surface area contributed by atoms with Crippen molar-refractivity contribution < 1.29 is 4.39 Å². The van der Waals surface area contributed by atoms with Crippen molar-refractivity contribution in [2.24, 2.45) is 4.99 Å². The van der Waals surface area contributed by atoms with Gasteiger partial charge < -0.3 is 14.9 Å². The maximum atomic E-state index is 13.9. The number of benzene rings is 2. The topological polar surface area (TPSA) is 72.1 Å². The van der Waals surface area contributed by atoms with Gasteiger partial charge >= 0.3 is 0 Å². The Hall–Kier alpha value is -3.89. The summed E-state index contributed by atoms with van der Waals surface area (Å²) >= 11 is 0. The van der Waals surface area contributed by atoms with Gasteiger partial charge in [0.1, 0.15) is 24.2 Å². The highest BCUT2D eigenvalue weighted by Gasteiger charge is 2.27. The van der Waals surface area contributed by atoms with Crippen molar-refractivity contribution in [2.45, 2.75) is 32.2 Å². The molecule has 2 aromatic carbocycles. The summed E-state index contributed by atoms with van der Waals surface area (Å²) < 4.78 is 16.0. The standard InChI is InChI=1S/C28H27FN6/c1-18-20(5-6-26-24(18)12-22(13-30)33-26)15-34-9-7-19(8-10-34)25-16-35(23-4-2-3-21(29)11-23)27-14-31-17-32-28(25)27/h2-6,11-12,14,16,19,32-33H,7-10,15,17H2,1H3. The van der Waals surface area contributed by atoms with Gasteiger partial charge in [0, 0.05) is 35.5 Å². The van der Waals surface area contributed by atoms with Crippen LogP contribution in [0.4, 0.5) is 10.1 Å². The number of aromatic nitrogens is 2. The number of nitrogens with one attached hydrogen (secondary N) is 2. The summed E-state index contributed by atoms with van der Waals surface area (Å²) in [6, 6.07) is 15.1. The average Bonchev–Trinajstić information content (AvgIpc) is 3.49. The summed E-state index contributed by atoms with van der Waals surface area (Å²) in [5, 5.41) is 13.8. The van der Waals surface area contributed by atoms with Crippen molar-refractivity contribution in [1.82, 2.24) is 14.5 Å². The van der Waals surface area contributed by atoms with E-state index in [0.717, 1.165) is 60.4 Å². The van der Waals surface area contributed by atoms with E-state index in [4.69, 9.17) is 0 Å². The zero-order chi connectivity index (χ0) is 23.9. The van der Waals surface area contributed by atoms with Crippen LogP contribution in [0.3, 0.4) is 0 Å². The number of piperidine rings is 1. The molecule has 2 aliphatic heterocycles. The fourth-order valence-electron chi connectivity index (χ4n) is 5.54. The molecule has 2 aromatic heterocycles.